The number of carbonyl (C=O) groups is 1. The van der Waals surface area contributed by atoms with E-state index >= 15 is 0 Å². The summed E-state index contributed by atoms with van der Waals surface area (Å²) in [6, 6.07) is 10.1. The van der Waals surface area contributed by atoms with Gasteiger partial charge in [-0.05, 0) is 59.2 Å². The zero-order chi connectivity index (χ0) is 27.5. The SMILES string of the molecule is CCC(C)NC(=O)c1nn(-c2ccc(C)cc2)c(Oc2ccc([N+](=O)[O-])cc2S(=O)(=O)NC(C)C)c1C. The van der Waals surface area contributed by atoms with Crippen molar-refractivity contribution in [3.63, 3.8) is 0 Å². The highest BCUT2D eigenvalue weighted by Crippen LogP contribution is 2.35. The molecule has 1 aromatic heterocycles. The number of hydrogen-bond donors (Lipinski definition) is 2. The molecule has 198 valence electrons. The van der Waals surface area contributed by atoms with E-state index in [2.05, 4.69) is 15.1 Å². The van der Waals surface area contributed by atoms with Gasteiger partial charge < -0.3 is 10.1 Å². The van der Waals surface area contributed by atoms with E-state index in [0.29, 0.717) is 11.3 Å². The van der Waals surface area contributed by atoms with Crippen LogP contribution in [0, 0.1) is 24.0 Å². The Morgan fingerprint density at radius 2 is 1.78 bits per heavy atom. The van der Waals surface area contributed by atoms with Crippen molar-refractivity contribution in [3.8, 4) is 17.3 Å². The van der Waals surface area contributed by atoms with Gasteiger partial charge in [0.05, 0.1) is 10.6 Å². The molecule has 0 aliphatic heterocycles. The fourth-order valence-electron chi connectivity index (χ4n) is 3.45. The predicted molar refractivity (Wildman–Crippen MR) is 139 cm³/mol. The second kappa shape index (κ2) is 11.1. The number of nitrogens with zero attached hydrogens (tertiary/aromatic N) is 3. The number of rotatable bonds is 10. The monoisotopic (exact) mass is 529 g/mol. The van der Waals surface area contributed by atoms with Gasteiger partial charge in [0.15, 0.2) is 5.69 Å². The molecule has 1 unspecified atom stereocenters. The van der Waals surface area contributed by atoms with Gasteiger partial charge in [0.1, 0.15) is 10.6 Å². The van der Waals surface area contributed by atoms with Crippen LogP contribution in [0.15, 0.2) is 47.4 Å². The van der Waals surface area contributed by atoms with Crippen LogP contribution < -0.4 is 14.8 Å². The van der Waals surface area contributed by atoms with E-state index in [-0.39, 0.29) is 23.4 Å². The molecule has 37 heavy (non-hydrogen) atoms. The maximum atomic E-state index is 13.1. The summed E-state index contributed by atoms with van der Waals surface area (Å²) in [4.78, 5) is 23.3. The number of carbonyl (C=O) groups excluding carboxylic acids is 1. The molecule has 3 aromatic rings. The molecule has 11 nitrogen and oxygen atoms in total. The lowest BCUT2D eigenvalue weighted by molar-refractivity contribution is -0.385. The summed E-state index contributed by atoms with van der Waals surface area (Å²) in [6.07, 6.45) is 0.722. The molecular formula is C25H31N5O6S. The minimum absolute atomic E-state index is 0.0886. The third kappa shape index (κ3) is 6.33. The molecule has 3 rings (SSSR count). The van der Waals surface area contributed by atoms with Crippen molar-refractivity contribution >= 4 is 21.6 Å². The first-order valence-electron chi connectivity index (χ1n) is 11.8. The van der Waals surface area contributed by atoms with Crippen molar-refractivity contribution in [2.24, 2.45) is 0 Å². The molecule has 2 aromatic carbocycles. The van der Waals surface area contributed by atoms with Crippen LogP contribution in [0.3, 0.4) is 0 Å². The van der Waals surface area contributed by atoms with Crippen LogP contribution in [-0.2, 0) is 10.0 Å². The third-order valence-electron chi connectivity index (χ3n) is 5.58. The second-order valence-corrected chi connectivity index (χ2v) is 10.8. The van der Waals surface area contributed by atoms with E-state index in [9.17, 15) is 23.3 Å². The summed E-state index contributed by atoms with van der Waals surface area (Å²) in [6.45, 7) is 10.7. The first kappa shape index (κ1) is 27.8. The summed E-state index contributed by atoms with van der Waals surface area (Å²) < 4.78 is 36.1. The van der Waals surface area contributed by atoms with E-state index in [1.165, 1.54) is 10.7 Å². The van der Waals surface area contributed by atoms with Crippen molar-refractivity contribution in [2.75, 3.05) is 0 Å². The van der Waals surface area contributed by atoms with Gasteiger partial charge >= 0.3 is 0 Å². The Labute approximate surface area is 216 Å². The van der Waals surface area contributed by atoms with E-state index in [0.717, 1.165) is 24.1 Å². The number of aryl methyl sites for hydroxylation is 1. The predicted octanol–water partition coefficient (Wildman–Crippen LogP) is 4.40. The van der Waals surface area contributed by atoms with Crippen LogP contribution >= 0.6 is 0 Å². The number of aromatic nitrogens is 2. The first-order chi connectivity index (χ1) is 17.3. The normalized spacial score (nSPS) is 12.4. The van der Waals surface area contributed by atoms with E-state index < -0.39 is 37.5 Å². The van der Waals surface area contributed by atoms with Gasteiger partial charge in [0.2, 0.25) is 15.9 Å². The summed E-state index contributed by atoms with van der Waals surface area (Å²) in [7, 11) is -4.18. The average molecular weight is 530 g/mol. The standard InChI is InChI=1S/C25H31N5O6S/c1-7-17(5)26-24(31)23-18(6)25(29(27-23)19-10-8-16(4)9-11-19)36-21-13-12-20(30(32)33)14-22(21)37(34,35)28-15(2)3/h8-15,17,28H,7H2,1-6H3,(H,26,31). The molecule has 0 saturated heterocycles. The minimum atomic E-state index is -4.18. The zero-order valence-corrected chi connectivity index (χ0v) is 22.4. The Morgan fingerprint density at radius 1 is 1.14 bits per heavy atom. The molecule has 12 heteroatoms. The molecule has 0 aliphatic carbocycles. The first-order valence-corrected chi connectivity index (χ1v) is 13.3. The molecule has 0 spiro atoms. The number of nitro groups is 1. The van der Waals surface area contributed by atoms with Gasteiger partial charge in [-0.25, -0.2) is 13.1 Å². The number of ether oxygens (including phenoxy) is 1. The number of hydrogen-bond acceptors (Lipinski definition) is 7. The van der Waals surface area contributed by atoms with Crippen molar-refractivity contribution in [3.05, 3.63) is 69.4 Å². The molecule has 0 radical (unpaired) electrons. The minimum Gasteiger partial charge on any atom is -0.437 e. The largest absolute Gasteiger partial charge is 0.437 e. The average Bonchev–Trinajstić information content (AvgIpc) is 3.14. The van der Waals surface area contributed by atoms with Gasteiger partial charge in [0, 0.05) is 29.8 Å². The molecule has 1 amide bonds. The highest BCUT2D eigenvalue weighted by molar-refractivity contribution is 7.89. The van der Waals surface area contributed by atoms with Crippen molar-refractivity contribution < 1.29 is 22.9 Å². The zero-order valence-electron chi connectivity index (χ0n) is 21.6. The van der Waals surface area contributed by atoms with E-state index in [1.807, 2.05) is 32.9 Å². The van der Waals surface area contributed by atoms with Crippen LogP contribution in [0.5, 0.6) is 11.6 Å². The number of non-ortho nitro benzene ring substituents is 1. The second-order valence-electron chi connectivity index (χ2n) is 9.08. The van der Waals surface area contributed by atoms with Gasteiger partial charge in [-0.15, -0.1) is 0 Å². The molecule has 0 aliphatic rings. The van der Waals surface area contributed by atoms with Crippen LogP contribution in [0.1, 0.15) is 55.7 Å². The summed E-state index contributed by atoms with van der Waals surface area (Å²) in [5.74, 6) is -0.447. The fourth-order valence-corrected chi connectivity index (χ4v) is 4.85. The highest BCUT2D eigenvalue weighted by atomic mass is 32.2. The maximum absolute atomic E-state index is 13.1. The molecule has 0 saturated carbocycles. The molecule has 1 atom stereocenters. The Morgan fingerprint density at radius 3 is 2.35 bits per heavy atom. The number of nitro benzene ring substituents is 1. The summed E-state index contributed by atoms with van der Waals surface area (Å²) in [5.41, 5.74) is 1.67. The maximum Gasteiger partial charge on any atom is 0.272 e. The lowest BCUT2D eigenvalue weighted by Gasteiger charge is -2.15. The van der Waals surface area contributed by atoms with Crippen LogP contribution in [-0.4, -0.2) is 41.1 Å². The van der Waals surface area contributed by atoms with Crippen molar-refractivity contribution in [1.29, 1.82) is 0 Å². The van der Waals surface area contributed by atoms with Gasteiger partial charge in [-0.1, -0.05) is 24.6 Å². The quantitative estimate of drug-likeness (QED) is 0.292. The topological polar surface area (TPSA) is 145 Å². The van der Waals surface area contributed by atoms with E-state index in [4.69, 9.17) is 4.74 Å². The van der Waals surface area contributed by atoms with Gasteiger partial charge in [0.25, 0.3) is 11.6 Å². The van der Waals surface area contributed by atoms with Gasteiger partial charge in [-0.2, -0.15) is 9.78 Å². The molecule has 1 heterocycles. The fraction of sp³-hybridized carbons (Fsp3) is 0.360. The number of benzene rings is 2. The highest BCUT2D eigenvalue weighted by Gasteiger charge is 2.28. The van der Waals surface area contributed by atoms with Gasteiger partial charge in [-0.3, -0.25) is 14.9 Å². The Hall–Kier alpha value is -3.77. The molecule has 0 fully saturated rings. The van der Waals surface area contributed by atoms with Crippen molar-refractivity contribution in [1.82, 2.24) is 19.8 Å². The van der Waals surface area contributed by atoms with Crippen molar-refractivity contribution in [2.45, 2.75) is 64.9 Å². The lowest BCUT2D eigenvalue weighted by Crippen LogP contribution is -2.32. The smallest absolute Gasteiger partial charge is 0.272 e. The number of sulfonamides is 1. The van der Waals surface area contributed by atoms with Crippen LogP contribution in [0.4, 0.5) is 5.69 Å². The molecule has 2 N–H and O–H groups in total. The third-order valence-corrected chi connectivity index (χ3v) is 7.26. The molecule has 0 bridgehead atoms. The summed E-state index contributed by atoms with van der Waals surface area (Å²) >= 11 is 0. The van der Waals surface area contributed by atoms with E-state index in [1.54, 1.807) is 32.9 Å². The Kier molecular flexibility index (Phi) is 8.34. The van der Waals surface area contributed by atoms with Crippen LogP contribution in [0.25, 0.3) is 5.69 Å². The number of amides is 1. The molecular weight excluding hydrogens is 498 g/mol. The van der Waals surface area contributed by atoms with Crippen LogP contribution in [0.2, 0.25) is 0 Å². The lowest BCUT2D eigenvalue weighted by atomic mass is 10.2. The Bertz CT molecular complexity index is 1410. The number of nitrogens with one attached hydrogen (secondary N) is 2. The Balaban J connectivity index is 2.20. The summed E-state index contributed by atoms with van der Waals surface area (Å²) in [5, 5.41) is 18.7.